The highest BCUT2D eigenvalue weighted by atomic mass is 32.2. The lowest BCUT2D eigenvalue weighted by Gasteiger charge is -2.18. The van der Waals surface area contributed by atoms with Crippen LogP contribution in [0.2, 0.25) is 0 Å². The molecule has 0 bridgehead atoms. The van der Waals surface area contributed by atoms with Crippen LogP contribution in [-0.2, 0) is 17.8 Å². The standard InChI is InChI=1S/C25H30N4O2S/c1-6-15-29-24(19(5)31-22-14-10-11-17(3)18(22)4)27-28-25(29)32-16-23(30)26-21-13-9-8-12-20(21)7-2/h6,8-14,19H,1,7,15-16H2,2-5H3,(H,26,30). The normalized spacial score (nSPS) is 11.8. The number of rotatable bonds is 10. The summed E-state index contributed by atoms with van der Waals surface area (Å²) in [5.74, 6) is 1.68. The Bertz CT molecular complexity index is 1090. The molecule has 6 nitrogen and oxygen atoms in total. The number of benzene rings is 2. The third-order valence-corrected chi connectivity index (χ3v) is 6.25. The van der Waals surface area contributed by atoms with E-state index in [9.17, 15) is 4.79 Å². The van der Waals surface area contributed by atoms with Gasteiger partial charge in [-0.05, 0) is 56.0 Å². The summed E-state index contributed by atoms with van der Waals surface area (Å²) in [7, 11) is 0. The first-order valence-corrected chi connectivity index (χ1v) is 11.7. The van der Waals surface area contributed by atoms with Gasteiger partial charge in [0, 0.05) is 12.2 Å². The van der Waals surface area contributed by atoms with Gasteiger partial charge in [-0.15, -0.1) is 16.8 Å². The maximum atomic E-state index is 12.5. The number of para-hydroxylation sites is 1. The fraction of sp³-hybridized carbons (Fsp3) is 0.320. The van der Waals surface area contributed by atoms with E-state index in [-0.39, 0.29) is 17.8 Å². The van der Waals surface area contributed by atoms with Crippen LogP contribution in [0.4, 0.5) is 5.69 Å². The van der Waals surface area contributed by atoms with Gasteiger partial charge >= 0.3 is 0 Å². The van der Waals surface area contributed by atoms with Crippen molar-refractivity contribution in [1.29, 1.82) is 0 Å². The number of thioether (sulfide) groups is 1. The Labute approximate surface area is 194 Å². The molecule has 0 aliphatic heterocycles. The predicted octanol–water partition coefficient (Wildman–Crippen LogP) is 5.51. The first-order valence-electron chi connectivity index (χ1n) is 10.7. The Morgan fingerprint density at radius 2 is 2.00 bits per heavy atom. The molecule has 0 fully saturated rings. The molecule has 3 aromatic rings. The molecule has 1 heterocycles. The molecule has 0 saturated carbocycles. The molecule has 7 heteroatoms. The molecular formula is C25H30N4O2S. The lowest BCUT2D eigenvalue weighted by Crippen LogP contribution is -2.16. The predicted molar refractivity (Wildman–Crippen MR) is 130 cm³/mol. The van der Waals surface area contributed by atoms with E-state index in [1.807, 2.05) is 54.8 Å². The van der Waals surface area contributed by atoms with Gasteiger partial charge in [0.25, 0.3) is 0 Å². The van der Waals surface area contributed by atoms with E-state index < -0.39 is 0 Å². The van der Waals surface area contributed by atoms with Crippen molar-refractivity contribution in [2.24, 2.45) is 0 Å². The number of carbonyl (C=O) groups is 1. The molecule has 1 aromatic heterocycles. The fourth-order valence-electron chi connectivity index (χ4n) is 3.37. The molecule has 1 unspecified atom stereocenters. The summed E-state index contributed by atoms with van der Waals surface area (Å²) in [6.07, 6.45) is 2.35. The Morgan fingerprint density at radius 3 is 2.75 bits per heavy atom. The van der Waals surface area contributed by atoms with E-state index in [1.165, 1.54) is 17.3 Å². The van der Waals surface area contributed by atoms with Gasteiger partial charge < -0.3 is 10.1 Å². The Balaban J connectivity index is 1.70. The number of hydrogen-bond donors (Lipinski definition) is 1. The fourth-order valence-corrected chi connectivity index (χ4v) is 4.12. The number of nitrogens with one attached hydrogen (secondary N) is 1. The van der Waals surface area contributed by atoms with Crippen LogP contribution in [0.1, 0.15) is 42.5 Å². The van der Waals surface area contributed by atoms with E-state index in [0.717, 1.165) is 29.0 Å². The van der Waals surface area contributed by atoms with Gasteiger partial charge in [0.2, 0.25) is 5.91 Å². The van der Waals surface area contributed by atoms with Crippen molar-refractivity contribution in [3.63, 3.8) is 0 Å². The van der Waals surface area contributed by atoms with Crippen LogP contribution in [0.5, 0.6) is 5.75 Å². The minimum Gasteiger partial charge on any atom is -0.482 e. The highest BCUT2D eigenvalue weighted by Crippen LogP contribution is 2.28. The molecule has 3 rings (SSSR count). The number of aryl methyl sites for hydroxylation is 2. The first-order chi connectivity index (χ1) is 15.4. The topological polar surface area (TPSA) is 69.0 Å². The summed E-state index contributed by atoms with van der Waals surface area (Å²) < 4.78 is 8.14. The second kappa shape index (κ2) is 11.0. The van der Waals surface area contributed by atoms with Gasteiger partial charge in [0.15, 0.2) is 17.1 Å². The van der Waals surface area contributed by atoms with Crippen LogP contribution >= 0.6 is 11.8 Å². The number of anilines is 1. The molecule has 1 amide bonds. The SMILES string of the molecule is C=CCn1c(SCC(=O)Nc2ccccc2CC)nnc1C(C)Oc1cccc(C)c1C. The molecule has 0 radical (unpaired) electrons. The summed E-state index contributed by atoms with van der Waals surface area (Å²) in [5, 5.41) is 12.3. The Hall–Kier alpha value is -3.06. The zero-order valence-electron chi connectivity index (χ0n) is 19.1. The van der Waals surface area contributed by atoms with Crippen LogP contribution in [0.15, 0.2) is 60.3 Å². The molecule has 168 valence electrons. The highest BCUT2D eigenvalue weighted by Gasteiger charge is 2.20. The van der Waals surface area contributed by atoms with Gasteiger partial charge in [-0.25, -0.2) is 0 Å². The average molecular weight is 451 g/mol. The van der Waals surface area contributed by atoms with Crippen molar-refractivity contribution in [3.05, 3.63) is 77.6 Å². The summed E-state index contributed by atoms with van der Waals surface area (Å²) >= 11 is 1.35. The summed E-state index contributed by atoms with van der Waals surface area (Å²) in [6.45, 7) is 12.5. The number of hydrogen-bond acceptors (Lipinski definition) is 5. The molecule has 0 saturated heterocycles. The monoisotopic (exact) mass is 450 g/mol. The van der Waals surface area contributed by atoms with Gasteiger partial charge in [0.1, 0.15) is 5.75 Å². The van der Waals surface area contributed by atoms with E-state index in [1.54, 1.807) is 6.08 Å². The van der Waals surface area contributed by atoms with Crippen molar-refractivity contribution in [3.8, 4) is 5.75 Å². The zero-order chi connectivity index (χ0) is 23.1. The third kappa shape index (κ3) is 5.59. The maximum Gasteiger partial charge on any atom is 0.234 e. The number of nitrogens with zero attached hydrogens (tertiary/aromatic N) is 3. The zero-order valence-corrected chi connectivity index (χ0v) is 19.9. The smallest absolute Gasteiger partial charge is 0.234 e. The van der Waals surface area contributed by atoms with Crippen molar-refractivity contribution in [2.45, 2.75) is 51.9 Å². The van der Waals surface area contributed by atoms with Gasteiger partial charge in [0.05, 0.1) is 5.75 Å². The van der Waals surface area contributed by atoms with Crippen LogP contribution in [0, 0.1) is 13.8 Å². The summed E-state index contributed by atoms with van der Waals surface area (Å²) in [4.78, 5) is 12.5. The van der Waals surface area contributed by atoms with E-state index in [4.69, 9.17) is 4.74 Å². The molecule has 0 aliphatic rings. The van der Waals surface area contributed by atoms with Crippen molar-refractivity contribution >= 4 is 23.4 Å². The molecule has 1 atom stereocenters. The number of carbonyl (C=O) groups excluding carboxylic acids is 1. The molecular weight excluding hydrogens is 420 g/mol. The minimum absolute atomic E-state index is 0.0784. The van der Waals surface area contributed by atoms with E-state index in [2.05, 4.69) is 42.0 Å². The van der Waals surface area contributed by atoms with E-state index in [0.29, 0.717) is 17.5 Å². The number of amides is 1. The van der Waals surface area contributed by atoms with Crippen molar-refractivity contribution in [2.75, 3.05) is 11.1 Å². The first kappa shape index (κ1) is 23.6. The van der Waals surface area contributed by atoms with Crippen molar-refractivity contribution in [1.82, 2.24) is 14.8 Å². The molecule has 0 aliphatic carbocycles. The second-order valence-electron chi connectivity index (χ2n) is 7.55. The number of aromatic nitrogens is 3. The maximum absolute atomic E-state index is 12.5. The minimum atomic E-state index is -0.303. The molecule has 32 heavy (non-hydrogen) atoms. The van der Waals surface area contributed by atoms with Gasteiger partial charge in [-0.1, -0.05) is 55.1 Å². The molecule has 1 N–H and O–H groups in total. The summed E-state index contributed by atoms with van der Waals surface area (Å²) in [6, 6.07) is 13.8. The van der Waals surface area contributed by atoms with E-state index >= 15 is 0 Å². The van der Waals surface area contributed by atoms with Crippen molar-refractivity contribution < 1.29 is 9.53 Å². The van der Waals surface area contributed by atoms with Crippen LogP contribution in [0.25, 0.3) is 0 Å². The third-order valence-electron chi connectivity index (χ3n) is 5.28. The summed E-state index contributed by atoms with van der Waals surface area (Å²) in [5.41, 5.74) is 4.24. The van der Waals surface area contributed by atoms with Gasteiger partial charge in [-0.3, -0.25) is 9.36 Å². The Kier molecular flexibility index (Phi) is 8.11. The van der Waals surface area contributed by atoms with Gasteiger partial charge in [-0.2, -0.15) is 0 Å². The largest absolute Gasteiger partial charge is 0.482 e. The lowest BCUT2D eigenvalue weighted by atomic mass is 10.1. The average Bonchev–Trinajstić information content (AvgIpc) is 3.19. The van der Waals surface area contributed by atoms with Crippen LogP contribution in [-0.4, -0.2) is 26.4 Å². The number of ether oxygens (including phenoxy) is 1. The second-order valence-corrected chi connectivity index (χ2v) is 8.49. The highest BCUT2D eigenvalue weighted by molar-refractivity contribution is 7.99. The molecule has 0 spiro atoms. The van der Waals surface area contributed by atoms with Crippen LogP contribution < -0.4 is 10.1 Å². The number of allylic oxidation sites excluding steroid dienone is 1. The quantitative estimate of drug-likeness (QED) is 0.326. The Morgan fingerprint density at radius 1 is 1.22 bits per heavy atom. The lowest BCUT2D eigenvalue weighted by molar-refractivity contribution is -0.113. The van der Waals surface area contributed by atoms with Crippen LogP contribution in [0.3, 0.4) is 0 Å². The molecule has 2 aromatic carbocycles.